The van der Waals surface area contributed by atoms with E-state index < -0.39 is 0 Å². The molecule has 2 aromatic heterocycles. The standard InChI is InChI=1S/C11H16N4O2/c16-6-5-15-9-10(13-14-15)8-12-4-3-11-2-1-7-17-11/h1-2,7,9,12,16H,3-6,8H2. The number of aromatic nitrogens is 3. The highest BCUT2D eigenvalue weighted by atomic mass is 16.3. The molecule has 0 aromatic carbocycles. The van der Waals surface area contributed by atoms with Crippen LogP contribution in [0.2, 0.25) is 0 Å². The molecule has 17 heavy (non-hydrogen) atoms. The Morgan fingerprint density at radius 2 is 2.41 bits per heavy atom. The van der Waals surface area contributed by atoms with Gasteiger partial charge in [-0.2, -0.15) is 0 Å². The first kappa shape index (κ1) is 11.8. The van der Waals surface area contributed by atoms with Gasteiger partial charge in [-0.1, -0.05) is 5.21 Å². The molecule has 0 atom stereocenters. The molecule has 0 spiro atoms. The van der Waals surface area contributed by atoms with Crippen LogP contribution in [-0.2, 0) is 19.5 Å². The first-order valence-corrected chi connectivity index (χ1v) is 5.61. The Labute approximate surface area is 99.2 Å². The fourth-order valence-corrected chi connectivity index (χ4v) is 1.51. The van der Waals surface area contributed by atoms with Gasteiger partial charge in [0.15, 0.2) is 0 Å². The van der Waals surface area contributed by atoms with Crippen LogP contribution in [0.4, 0.5) is 0 Å². The van der Waals surface area contributed by atoms with Gasteiger partial charge in [-0.25, -0.2) is 4.68 Å². The summed E-state index contributed by atoms with van der Waals surface area (Å²) in [6.07, 6.45) is 4.36. The molecule has 92 valence electrons. The van der Waals surface area contributed by atoms with Gasteiger partial charge < -0.3 is 14.8 Å². The lowest BCUT2D eigenvalue weighted by Crippen LogP contribution is -2.16. The van der Waals surface area contributed by atoms with E-state index in [4.69, 9.17) is 9.52 Å². The van der Waals surface area contributed by atoms with Crippen LogP contribution in [0.3, 0.4) is 0 Å². The van der Waals surface area contributed by atoms with Gasteiger partial charge in [0.05, 0.1) is 25.1 Å². The summed E-state index contributed by atoms with van der Waals surface area (Å²) in [6.45, 7) is 2.07. The van der Waals surface area contributed by atoms with Crippen LogP contribution < -0.4 is 5.32 Å². The number of furan rings is 1. The summed E-state index contributed by atoms with van der Waals surface area (Å²) >= 11 is 0. The lowest BCUT2D eigenvalue weighted by atomic mass is 10.3. The molecule has 6 heteroatoms. The average Bonchev–Trinajstić information content (AvgIpc) is 2.96. The minimum absolute atomic E-state index is 0.0781. The molecule has 0 aliphatic rings. The van der Waals surface area contributed by atoms with E-state index in [1.54, 1.807) is 10.9 Å². The monoisotopic (exact) mass is 236 g/mol. The Balaban J connectivity index is 1.67. The van der Waals surface area contributed by atoms with Crippen LogP contribution in [0.25, 0.3) is 0 Å². The maximum Gasteiger partial charge on any atom is 0.105 e. The molecule has 0 radical (unpaired) electrons. The summed E-state index contributed by atoms with van der Waals surface area (Å²) in [6, 6.07) is 3.84. The van der Waals surface area contributed by atoms with E-state index in [9.17, 15) is 0 Å². The molecule has 0 saturated carbocycles. The summed E-state index contributed by atoms with van der Waals surface area (Å²) in [5.74, 6) is 0.974. The molecule has 0 fully saturated rings. The van der Waals surface area contributed by atoms with Crippen molar-refractivity contribution >= 4 is 0 Å². The molecule has 0 bridgehead atoms. The molecule has 0 aliphatic carbocycles. The molecule has 2 heterocycles. The molecule has 6 nitrogen and oxygen atoms in total. The summed E-state index contributed by atoms with van der Waals surface area (Å²) in [7, 11) is 0. The van der Waals surface area contributed by atoms with Crippen molar-refractivity contribution in [1.82, 2.24) is 20.3 Å². The van der Waals surface area contributed by atoms with Gasteiger partial charge in [0.1, 0.15) is 5.76 Å². The smallest absolute Gasteiger partial charge is 0.105 e. The molecule has 0 amide bonds. The van der Waals surface area contributed by atoms with Gasteiger partial charge in [-0.05, 0) is 12.1 Å². The van der Waals surface area contributed by atoms with E-state index in [1.165, 1.54) is 0 Å². The highest BCUT2D eigenvalue weighted by Crippen LogP contribution is 2.00. The van der Waals surface area contributed by atoms with Crippen molar-refractivity contribution in [2.45, 2.75) is 19.5 Å². The Hall–Kier alpha value is -1.66. The number of rotatable bonds is 7. The first-order chi connectivity index (χ1) is 8.38. The van der Waals surface area contributed by atoms with E-state index in [0.29, 0.717) is 13.1 Å². The average molecular weight is 236 g/mol. The summed E-state index contributed by atoms with van der Waals surface area (Å²) in [5.41, 5.74) is 0.873. The Kier molecular flexibility index (Phi) is 4.29. The van der Waals surface area contributed by atoms with Gasteiger partial charge in [0.2, 0.25) is 0 Å². The van der Waals surface area contributed by atoms with Crippen molar-refractivity contribution in [3.63, 3.8) is 0 Å². The molecular formula is C11H16N4O2. The van der Waals surface area contributed by atoms with Crippen molar-refractivity contribution in [2.24, 2.45) is 0 Å². The van der Waals surface area contributed by atoms with Crippen LogP contribution >= 0.6 is 0 Å². The van der Waals surface area contributed by atoms with Crippen molar-refractivity contribution < 1.29 is 9.52 Å². The largest absolute Gasteiger partial charge is 0.469 e. The predicted molar refractivity (Wildman–Crippen MR) is 61.2 cm³/mol. The first-order valence-electron chi connectivity index (χ1n) is 5.61. The molecule has 0 aliphatic heterocycles. The number of nitrogens with zero attached hydrogens (tertiary/aromatic N) is 3. The number of aliphatic hydroxyl groups is 1. The zero-order valence-corrected chi connectivity index (χ0v) is 9.54. The van der Waals surface area contributed by atoms with Crippen molar-refractivity contribution in [2.75, 3.05) is 13.2 Å². The lowest BCUT2D eigenvalue weighted by molar-refractivity contribution is 0.268. The predicted octanol–water partition coefficient (Wildman–Crippen LogP) is 0.196. The van der Waals surface area contributed by atoms with Gasteiger partial charge in [-0.15, -0.1) is 5.10 Å². The second kappa shape index (κ2) is 6.17. The Morgan fingerprint density at radius 3 is 3.18 bits per heavy atom. The lowest BCUT2D eigenvalue weighted by Gasteiger charge is -1.99. The fraction of sp³-hybridized carbons (Fsp3) is 0.455. The normalized spacial score (nSPS) is 10.9. The second-order valence-corrected chi connectivity index (χ2v) is 3.70. The number of hydrogen-bond donors (Lipinski definition) is 2. The molecule has 0 saturated heterocycles. The van der Waals surface area contributed by atoms with E-state index >= 15 is 0 Å². The zero-order chi connectivity index (χ0) is 11.9. The third-order valence-corrected chi connectivity index (χ3v) is 2.35. The molecular weight excluding hydrogens is 220 g/mol. The molecule has 2 N–H and O–H groups in total. The summed E-state index contributed by atoms with van der Waals surface area (Å²) in [4.78, 5) is 0. The van der Waals surface area contributed by atoms with Gasteiger partial charge in [0.25, 0.3) is 0 Å². The minimum atomic E-state index is 0.0781. The number of hydrogen-bond acceptors (Lipinski definition) is 5. The van der Waals surface area contributed by atoms with Crippen LogP contribution in [0.5, 0.6) is 0 Å². The van der Waals surface area contributed by atoms with E-state index in [1.807, 2.05) is 18.3 Å². The SMILES string of the molecule is OCCn1cc(CNCCc2ccco2)nn1. The van der Waals surface area contributed by atoms with Crippen molar-refractivity contribution in [1.29, 1.82) is 0 Å². The van der Waals surface area contributed by atoms with Crippen LogP contribution in [0.1, 0.15) is 11.5 Å². The molecule has 2 aromatic rings. The Bertz CT molecular complexity index is 424. The third-order valence-electron chi connectivity index (χ3n) is 2.35. The van der Waals surface area contributed by atoms with Crippen molar-refractivity contribution in [3.8, 4) is 0 Å². The van der Waals surface area contributed by atoms with Crippen LogP contribution in [0.15, 0.2) is 29.0 Å². The maximum atomic E-state index is 8.73. The molecule has 0 unspecified atom stereocenters. The minimum Gasteiger partial charge on any atom is -0.469 e. The Morgan fingerprint density at radius 1 is 1.47 bits per heavy atom. The summed E-state index contributed by atoms with van der Waals surface area (Å²) < 4.78 is 6.85. The fourth-order valence-electron chi connectivity index (χ4n) is 1.51. The highest BCUT2D eigenvalue weighted by molar-refractivity contribution is 4.98. The maximum absolute atomic E-state index is 8.73. The zero-order valence-electron chi connectivity index (χ0n) is 9.54. The van der Waals surface area contributed by atoms with Crippen molar-refractivity contribution in [3.05, 3.63) is 36.0 Å². The van der Waals surface area contributed by atoms with E-state index in [0.717, 1.165) is 24.4 Å². The summed E-state index contributed by atoms with van der Waals surface area (Å²) in [5, 5.41) is 19.9. The number of nitrogens with one attached hydrogen (secondary N) is 1. The third kappa shape index (κ3) is 3.69. The quantitative estimate of drug-likeness (QED) is 0.671. The van der Waals surface area contributed by atoms with E-state index in [-0.39, 0.29) is 6.61 Å². The van der Waals surface area contributed by atoms with Gasteiger partial charge >= 0.3 is 0 Å². The topological polar surface area (TPSA) is 76.1 Å². The molecule has 2 rings (SSSR count). The van der Waals surface area contributed by atoms with Crippen LogP contribution in [0, 0.1) is 0 Å². The second-order valence-electron chi connectivity index (χ2n) is 3.70. The van der Waals surface area contributed by atoms with Gasteiger partial charge in [0, 0.05) is 25.7 Å². The van der Waals surface area contributed by atoms with Crippen LogP contribution in [-0.4, -0.2) is 33.3 Å². The van der Waals surface area contributed by atoms with E-state index in [2.05, 4.69) is 15.6 Å². The highest BCUT2D eigenvalue weighted by Gasteiger charge is 2.00. The van der Waals surface area contributed by atoms with Gasteiger partial charge in [-0.3, -0.25) is 0 Å². The number of aliphatic hydroxyl groups excluding tert-OH is 1.